The SMILES string of the molecule is COc1ccc(-c2sc(NC34CC(C3)C4)nc2C)cc1S(=O)(=O)Nc1c(C)cccc1F. The van der Waals surface area contributed by atoms with E-state index in [9.17, 15) is 12.8 Å². The molecular weight excluding hydrogens is 449 g/mol. The summed E-state index contributed by atoms with van der Waals surface area (Å²) >= 11 is 1.52. The number of hydrogen-bond donors (Lipinski definition) is 2. The first-order valence-corrected chi connectivity index (χ1v) is 12.7. The first-order valence-electron chi connectivity index (χ1n) is 10.4. The summed E-state index contributed by atoms with van der Waals surface area (Å²) in [6.07, 6.45) is 3.60. The highest BCUT2D eigenvalue weighted by Crippen LogP contribution is 2.59. The summed E-state index contributed by atoms with van der Waals surface area (Å²) < 4.78 is 48.4. The van der Waals surface area contributed by atoms with Crippen molar-refractivity contribution in [3.8, 4) is 16.2 Å². The zero-order chi connectivity index (χ0) is 22.7. The Bertz CT molecular complexity index is 1280. The van der Waals surface area contributed by atoms with Gasteiger partial charge in [-0.15, -0.1) is 0 Å². The third kappa shape index (κ3) is 3.53. The van der Waals surface area contributed by atoms with Crippen molar-refractivity contribution in [3.05, 3.63) is 53.5 Å². The number of aromatic nitrogens is 1. The second-order valence-corrected chi connectivity index (χ2v) is 11.4. The minimum absolute atomic E-state index is 0.0538. The van der Waals surface area contributed by atoms with Crippen LogP contribution in [0.15, 0.2) is 41.3 Å². The van der Waals surface area contributed by atoms with Gasteiger partial charge in [0.15, 0.2) is 5.13 Å². The molecule has 3 fully saturated rings. The first kappa shape index (κ1) is 21.2. The topological polar surface area (TPSA) is 80.3 Å². The average molecular weight is 474 g/mol. The van der Waals surface area contributed by atoms with Crippen LogP contribution in [0.25, 0.3) is 10.4 Å². The summed E-state index contributed by atoms with van der Waals surface area (Å²) in [6, 6.07) is 9.40. The lowest BCUT2D eigenvalue weighted by atomic mass is 9.50. The molecule has 3 aliphatic rings. The van der Waals surface area contributed by atoms with Crippen molar-refractivity contribution in [2.75, 3.05) is 17.1 Å². The number of para-hydroxylation sites is 1. The molecule has 0 radical (unpaired) electrons. The third-order valence-corrected chi connectivity index (χ3v) is 8.87. The zero-order valence-corrected chi connectivity index (χ0v) is 19.7. The number of methoxy groups -OCH3 is 1. The van der Waals surface area contributed by atoms with Gasteiger partial charge >= 0.3 is 0 Å². The fraction of sp³-hybridized carbons (Fsp3) is 0.348. The quantitative estimate of drug-likeness (QED) is 0.484. The van der Waals surface area contributed by atoms with Crippen LogP contribution in [0.5, 0.6) is 5.75 Å². The second kappa shape index (κ2) is 7.45. The monoisotopic (exact) mass is 473 g/mol. The van der Waals surface area contributed by atoms with Gasteiger partial charge in [-0.3, -0.25) is 4.72 Å². The van der Waals surface area contributed by atoms with Gasteiger partial charge in [-0.2, -0.15) is 0 Å². The highest BCUT2D eigenvalue weighted by atomic mass is 32.2. The van der Waals surface area contributed by atoms with Gasteiger partial charge in [0.2, 0.25) is 0 Å². The Kier molecular flexibility index (Phi) is 4.94. The number of benzene rings is 2. The minimum Gasteiger partial charge on any atom is -0.495 e. The Labute approximate surface area is 190 Å². The van der Waals surface area contributed by atoms with Crippen LogP contribution in [0.3, 0.4) is 0 Å². The fourth-order valence-electron chi connectivity index (χ4n) is 4.55. The number of rotatable bonds is 7. The molecule has 0 atom stereocenters. The molecule has 0 unspecified atom stereocenters. The van der Waals surface area contributed by atoms with E-state index >= 15 is 0 Å². The van der Waals surface area contributed by atoms with E-state index in [1.807, 2.05) is 13.0 Å². The molecule has 1 aromatic heterocycles. The Hall–Kier alpha value is -2.65. The van der Waals surface area contributed by atoms with E-state index in [1.165, 1.54) is 49.8 Å². The van der Waals surface area contributed by atoms with Crippen molar-refractivity contribution in [3.63, 3.8) is 0 Å². The molecule has 2 bridgehead atoms. The molecular formula is C23H24FN3O3S2. The maximum atomic E-state index is 14.3. The number of halogens is 1. The molecule has 32 heavy (non-hydrogen) atoms. The standard InChI is InChI=1S/C23H24FN3O3S2/c1-13-5-4-6-17(24)20(13)27-32(28,29)19-9-16(7-8-18(19)30-3)21-14(2)25-22(31-21)26-23-10-15(11-23)12-23/h4-9,15,27H,10-12H2,1-3H3,(H,25,26). The number of sulfonamides is 1. The number of nitrogens with one attached hydrogen (secondary N) is 2. The molecule has 3 aliphatic carbocycles. The van der Waals surface area contributed by atoms with Crippen LogP contribution in [0.2, 0.25) is 0 Å². The molecule has 6 rings (SSSR count). The van der Waals surface area contributed by atoms with Crippen molar-refractivity contribution in [1.29, 1.82) is 0 Å². The molecule has 0 spiro atoms. The number of nitrogens with zero attached hydrogens (tertiary/aromatic N) is 1. The lowest BCUT2D eigenvalue weighted by Gasteiger charge is -2.61. The van der Waals surface area contributed by atoms with E-state index in [-0.39, 0.29) is 21.9 Å². The average Bonchev–Trinajstić information content (AvgIpc) is 3.06. The predicted octanol–water partition coefficient (Wildman–Crippen LogP) is 5.34. The van der Waals surface area contributed by atoms with Gasteiger partial charge in [-0.25, -0.2) is 17.8 Å². The Balaban J connectivity index is 1.49. The van der Waals surface area contributed by atoms with E-state index in [0.717, 1.165) is 27.2 Å². The molecule has 6 nitrogen and oxygen atoms in total. The molecule has 2 N–H and O–H groups in total. The van der Waals surface area contributed by atoms with Crippen LogP contribution in [-0.2, 0) is 10.0 Å². The number of ether oxygens (including phenoxy) is 1. The highest BCUT2D eigenvalue weighted by Gasteiger charge is 2.57. The molecule has 1 heterocycles. The van der Waals surface area contributed by atoms with Gasteiger partial charge in [0.05, 0.1) is 23.4 Å². The summed E-state index contributed by atoms with van der Waals surface area (Å²) in [7, 11) is -2.69. The van der Waals surface area contributed by atoms with Crippen LogP contribution in [0, 0.1) is 25.6 Å². The van der Waals surface area contributed by atoms with Crippen molar-refractivity contribution in [1.82, 2.24) is 4.98 Å². The molecule has 3 saturated carbocycles. The van der Waals surface area contributed by atoms with Crippen LogP contribution in [0.1, 0.15) is 30.5 Å². The molecule has 0 amide bonds. The van der Waals surface area contributed by atoms with Crippen molar-refractivity contribution in [2.45, 2.75) is 43.5 Å². The summed E-state index contributed by atoms with van der Waals surface area (Å²) in [5, 5.41) is 4.43. The number of aryl methyl sites for hydroxylation is 2. The number of anilines is 2. The normalized spacial score (nSPS) is 21.4. The maximum absolute atomic E-state index is 14.3. The van der Waals surface area contributed by atoms with Crippen LogP contribution in [-0.4, -0.2) is 26.1 Å². The lowest BCUT2D eigenvalue weighted by Crippen LogP contribution is -2.63. The molecule has 3 aromatic rings. The van der Waals surface area contributed by atoms with Gasteiger partial charge in [-0.1, -0.05) is 23.5 Å². The van der Waals surface area contributed by atoms with Gasteiger partial charge in [-0.05, 0) is 74.4 Å². The summed E-state index contributed by atoms with van der Waals surface area (Å²) in [5.74, 6) is 0.416. The van der Waals surface area contributed by atoms with E-state index in [1.54, 1.807) is 25.1 Å². The largest absolute Gasteiger partial charge is 0.495 e. The lowest BCUT2D eigenvalue weighted by molar-refractivity contribution is 0.00212. The molecule has 9 heteroatoms. The molecule has 2 aromatic carbocycles. The molecule has 0 aliphatic heterocycles. The third-order valence-electron chi connectivity index (χ3n) is 6.38. The zero-order valence-electron chi connectivity index (χ0n) is 18.0. The summed E-state index contributed by atoms with van der Waals surface area (Å²) in [6.45, 7) is 3.56. The van der Waals surface area contributed by atoms with Gasteiger partial charge in [0.1, 0.15) is 16.5 Å². The van der Waals surface area contributed by atoms with Crippen LogP contribution >= 0.6 is 11.3 Å². The van der Waals surface area contributed by atoms with Crippen LogP contribution < -0.4 is 14.8 Å². The van der Waals surface area contributed by atoms with Gasteiger partial charge in [0, 0.05) is 5.54 Å². The Morgan fingerprint density at radius 3 is 2.56 bits per heavy atom. The van der Waals surface area contributed by atoms with Crippen LogP contribution in [0.4, 0.5) is 15.2 Å². The minimum atomic E-state index is -4.10. The molecule has 0 saturated heterocycles. The highest BCUT2D eigenvalue weighted by molar-refractivity contribution is 7.92. The number of thiazole rings is 1. The smallest absolute Gasteiger partial charge is 0.265 e. The van der Waals surface area contributed by atoms with Crippen molar-refractivity contribution >= 4 is 32.2 Å². The maximum Gasteiger partial charge on any atom is 0.265 e. The van der Waals surface area contributed by atoms with E-state index < -0.39 is 15.8 Å². The van der Waals surface area contributed by atoms with Crippen molar-refractivity contribution < 1.29 is 17.5 Å². The Morgan fingerprint density at radius 1 is 1.19 bits per heavy atom. The first-order chi connectivity index (χ1) is 15.2. The van der Waals surface area contributed by atoms with Gasteiger partial charge in [0.25, 0.3) is 10.0 Å². The van der Waals surface area contributed by atoms with Gasteiger partial charge < -0.3 is 10.1 Å². The van der Waals surface area contributed by atoms with E-state index in [2.05, 4.69) is 15.0 Å². The Morgan fingerprint density at radius 2 is 1.94 bits per heavy atom. The molecule has 168 valence electrons. The van der Waals surface area contributed by atoms with Crippen molar-refractivity contribution in [2.24, 2.45) is 5.92 Å². The number of hydrogen-bond acceptors (Lipinski definition) is 6. The summed E-state index contributed by atoms with van der Waals surface area (Å²) in [5.41, 5.74) is 2.18. The predicted molar refractivity (Wildman–Crippen MR) is 124 cm³/mol. The van der Waals surface area contributed by atoms with E-state index in [4.69, 9.17) is 4.74 Å². The summed E-state index contributed by atoms with van der Waals surface area (Å²) in [4.78, 5) is 5.50. The van der Waals surface area contributed by atoms with E-state index in [0.29, 0.717) is 5.56 Å². The second-order valence-electron chi connectivity index (χ2n) is 8.72. The fourth-order valence-corrected chi connectivity index (χ4v) is 6.97.